The van der Waals surface area contributed by atoms with Crippen LogP contribution in [0.15, 0.2) is 0 Å². The lowest BCUT2D eigenvalue weighted by Gasteiger charge is -1.86. The zero-order chi connectivity index (χ0) is 4.12. The van der Waals surface area contributed by atoms with Crippen molar-refractivity contribution < 1.29 is 12.4 Å². The number of hydrogen-bond acceptors (Lipinski definition) is 1. The predicted octanol–water partition coefficient (Wildman–Crippen LogP) is -1.58. The summed E-state index contributed by atoms with van der Waals surface area (Å²) in [6.45, 7) is 6.39. The van der Waals surface area contributed by atoms with Gasteiger partial charge in [-0.2, -0.15) is 0 Å². The Labute approximate surface area is 63.8 Å². The van der Waals surface area contributed by atoms with E-state index < -0.39 is 0 Å². The van der Waals surface area contributed by atoms with Gasteiger partial charge in [0.25, 0.3) is 0 Å². The number of nitrogens with one attached hydrogen (secondary N) is 1. The van der Waals surface area contributed by atoms with Gasteiger partial charge in [-0.05, 0) is 13.1 Å². The second kappa shape index (κ2) is 25.9. The van der Waals surface area contributed by atoms with Crippen molar-refractivity contribution in [3.05, 3.63) is 0 Å². The molecule has 0 rings (SSSR count). The third kappa shape index (κ3) is 31.5. The van der Waals surface area contributed by atoms with Crippen molar-refractivity contribution in [2.24, 2.45) is 0 Å². The van der Waals surface area contributed by atoms with Crippen LogP contribution in [0.25, 0.3) is 0 Å². The van der Waals surface area contributed by atoms with E-state index in [0.717, 1.165) is 13.1 Å². The zero-order valence-electron chi connectivity index (χ0n) is 5.70. The summed E-state index contributed by atoms with van der Waals surface area (Å²) in [6, 6.07) is 0. The maximum absolute atomic E-state index is 3.11. The van der Waals surface area contributed by atoms with Crippen LogP contribution < -0.4 is 23.9 Å². The molecule has 0 spiro atoms. The third-order valence-corrected chi connectivity index (χ3v) is 0.500. The Hall–Kier alpha value is 0.500. The standard InChI is InChI=1S/C4H11N.2ClH.H3N/c1-3-5-4-2;;;/h5H,3-4H2,1-2H3;2*1H;1H3. The number of halogens is 2. The first-order valence-electron chi connectivity index (χ1n) is 2.12. The Morgan fingerprint density at radius 3 is 1.38 bits per heavy atom. The Kier molecular flexibility index (Phi) is 76.3. The third-order valence-electron chi connectivity index (χ3n) is 0.500. The van der Waals surface area contributed by atoms with E-state index in [1.54, 1.807) is 0 Å². The SMILES string of the molecule is CCNCC.Cl.[Cl-].[NH4+]. The van der Waals surface area contributed by atoms with Crippen LogP contribution in [0.1, 0.15) is 13.8 Å². The topological polar surface area (TPSA) is 48.5 Å². The van der Waals surface area contributed by atoms with Crippen LogP contribution >= 0.6 is 12.4 Å². The normalized spacial score (nSPS) is 5.25. The second-order valence-electron chi connectivity index (χ2n) is 0.957. The molecule has 0 saturated heterocycles. The van der Waals surface area contributed by atoms with Gasteiger partial charge in [-0.1, -0.05) is 13.8 Å². The summed E-state index contributed by atoms with van der Waals surface area (Å²) in [7, 11) is 0. The highest BCUT2D eigenvalue weighted by molar-refractivity contribution is 5.85. The minimum absolute atomic E-state index is 0. The summed E-state index contributed by atoms with van der Waals surface area (Å²) in [6.07, 6.45) is 0. The molecule has 0 unspecified atom stereocenters. The Morgan fingerprint density at radius 2 is 1.38 bits per heavy atom. The molecule has 0 atom stereocenters. The first-order valence-corrected chi connectivity index (χ1v) is 2.12. The van der Waals surface area contributed by atoms with Gasteiger partial charge in [0.2, 0.25) is 0 Å². The highest BCUT2D eigenvalue weighted by Gasteiger charge is 1.62. The maximum atomic E-state index is 3.11. The van der Waals surface area contributed by atoms with E-state index in [9.17, 15) is 0 Å². The molecule has 0 aliphatic rings. The quantitative estimate of drug-likeness (QED) is 0.507. The lowest BCUT2D eigenvalue weighted by atomic mass is 10.7. The van der Waals surface area contributed by atoms with Crippen molar-refractivity contribution in [3.63, 3.8) is 0 Å². The molecule has 0 heterocycles. The van der Waals surface area contributed by atoms with E-state index in [2.05, 4.69) is 19.2 Å². The van der Waals surface area contributed by atoms with Gasteiger partial charge in [-0.25, -0.2) is 0 Å². The van der Waals surface area contributed by atoms with Gasteiger partial charge in [0.1, 0.15) is 0 Å². The van der Waals surface area contributed by atoms with Crippen molar-refractivity contribution in [2.75, 3.05) is 13.1 Å². The molecule has 2 nitrogen and oxygen atoms in total. The minimum atomic E-state index is 0. The molecular formula is C4H16Cl2N2. The van der Waals surface area contributed by atoms with Gasteiger partial charge in [0.15, 0.2) is 0 Å². The lowest BCUT2D eigenvalue weighted by Crippen LogP contribution is -3.00. The fourth-order valence-corrected chi connectivity index (χ4v) is 0.250. The van der Waals surface area contributed by atoms with Crippen molar-refractivity contribution in [3.8, 4) is 0 Å². The molecule has 0 fully saturated rings. The molecule has 0 bridgehead atoms. The van der Waals surface area contributed by atoms with Crippen molar-refractivity contribution in [2.45, 2.75) is 13.8 Å². The zero-order valence-corrected chi connectivity index (χ0v) is 7.27. The average Bonchev–Trinajstić information content (AvgIpc) is 1.41. The molecule has 0 aromatic heterocycles. The smallest absolute Gasteiger partial charge is 0.00775 e. The molecule has 0 aromatic carbocycles. The highest BCUT2D eigenvalue weighted by Crippen LogP contribution is 1.47. The Balaban J connectivity index is -0.0000000267. The molecule has 0 amide bonds. The minimum Gasteiger partial charge on any atom is -1.00 e. The fourth-order valence-electron chi connectivity index (χ4n) is 0.250. The first kappa shape index (κ1) is 23.6. The summed E-state index contributed by atoms with van der Waals surface area (Å²) in [4.78, 5) is 0. The molecule has 5 N–H and O–H groups in total. The second-order valence-corrected chi connectivity index (χ2v) is 0.957. The first-order chi connectivity index (χ1) is 2.41. The van der Waals surface area contributed by atoms with Gasteiger partial charge in [-0.15, -0.1) is 12.4 Å². The van der Waals surface area contributed by atoms with Crippen molar-refractivity contribution >= 4 is 12.4 Å². The molecule has 0 saturated carbocycles. The van der Waals surface area contributed by atoms with Gasteiger partial charge >= 0.3 is 0 Å². The monoisotopic (exact) mass is 162 g/mol. The number of quaternary nitrogens is 1. The van der Waals surface area contributed by atoms with E-state index in [-0.39, 0.29) is 31.0 Å². The van der Waals surface area contributed by atoms with Crippen LogP contribution in [0.5, 0.6) is 0 Å². The van der Waals surface area contributed by atoms with Gasteiger partial charge < -0.3 is 23.9 Å². The maximum Gasteiger partial charge on any atom is -0.00775 e. The van der Waals surface area contributed by atoms with Crippen LogP contribution in [0.3, 0.4) is 0 Å². The fraction of sp³-hybridized carbons (Fsp3) is 1.00. The summed E-state index contributed by atoms with van der Waals surface area (Å²) >= 11 is 0. The lowest BCUT2D eigenvalue weighted by molar-refractivity contribution is -0.00000192. The van der Waals surface area contributed by atoms with E-state index in [4.69, 9.17) is 0 Å². The Morgan fingerprint density at radius 1 is 1.12 bits per heavy atom. The van der Waals surface area contributed by atoms with E-state index in [1.165, 1.54) is 0 Å². The molecule has 56 valence electrons. The molecule has 8 heavy (non-hydrogen) atoms. The molecule has 4 heteroatoms. The van der Waals surface area contributed by atoms with E-state index in [0.29, 0.717) is 0 Å². The van der Waals surface area contributed by atoms with Crippen LogP contribution in [-0.4, -0.2) is 13.1 Å². The summed E-state index contributed by atoms with van der Waals surface area (Å²) < 4.78 is 0. The molecule has 0 aliphatic heterocycles. The average molecular weight is 163 g/mol. The highest BCUT2D eigenvalue weighted by atomic mass is 35.5. The van der Waals surface area contributed by atoms with Crippen molar-refractivity contribution in [1.29, 1.82) is 0 Å². The van der Waals surface area contributed by atoms with Crippen LogP contribution in [-0.2, 0) is 0 Å². The molecule has 0 radical (unpaired) electrons. The summed E-state index contributed by atoms with van der Waals surface area (Å²) in [5.74, 6) is 0. The molecule has 0 aliphatic carbocycles. The van der Waals surface area contributed by atoms with Gasteiger partial charge in [0.05, 0.1) is 0 Å². The van der Waals surface area contributed by atoms with Crippen LogP contribution in [0.4, 0.5) is 0 Å². The molecular weight excluding hydrogens is 147 g/mol. The van der Waals surface area contributed by atoms with E-state index in [1.807, 2.05) is 0 Å². The number of rotatable bonds is 2. The van der Waals surface area contributed by atoms with Crippen molar-refractivity contribution in [1.82, 2.24) is 11.5 Å². The van der Waals surface area contributed by atoms with Crippen LogP contribution in [0.2, 0.25) is 0 Å². The largest absolute Gasteiger partial charge is 1.00 e. The van der Waals surface area contributed by atoms with Gasteiger partial charge in [0, 0.05) is 0 Å². The van der Waals surface area contributed by atoms with Crippen LogP contribution in [0, 0.1) is 0 Å². The van der Waals surface area contributed by atoms with Gasteiger partial charge in [-0.3, -0.25) is 0 Å². The predicted molar refractivity (Wildman–Crippen MR) is 37.5 cm³/mol. The Bertz CT molecular complexity index is 19.5. The van der Waals surface area contributed by atoms with E-state index >= 15 is 0 Å². The summed E-state index contributed by atoms with van der Waals surface area (Å²) in [5, 5.41) is 3.11. The summed E-state index contributed by atoms with van der Waals surface area (Å²) in [5.41, 5.74) is 0. The number of hydrogen-bond donors (Lipinski definition) is 2. The molecule has 0 aromatic rings.